The summed E-state index contributed by atoms with van der Waals surface area (Å²) in [6.45, 7) is 8.51. The van der Waals surface area contributed by atoms with E-state index in [1.165, 1.54) is 51.7 Å². The van der Waals surface area contributed by atoms with Crippen molar-refractivity contribution in [1.82, 2.24) is 10.2 Å². The summed E-state index contributed by atoms with van der Waals surface area (Å²) in [5, 5.41) is 3.70. The first-order valence-electron chi connectivity index (χ1n) is 6.73. The first kappa shape index (κ1) is 11.4. The van der Waals surface area contributed by atoms with Gasteiger partial charge in [-0.15, -0.1) is 0 Å². The van der Waals surface area contributed by atoms with Gasteiger partial charge >= 0.3 is 0 Å². The lowest BCUT2D eigenvalue weighted by molar-refractivity contribution is 0.260. The fourth-order valence-corrected chi connectivity index (χ4v) is 3.24. The van der Waals surface area contributed by atoms with Crippen molar-refractivity contribution in [1.29, 1.82) is 0 Å². The fourth-order valence-electron chi connectivity index (χ4n) is 3.24. The Morgan fingerprint density at radius 3 is 2.53 bits per heavy atom. The molecular weight excluding hydrogens is 184 g/mol. The molecule has 1 saturated heterocycles. The van der Waals surface area contributed by atoms with E-state index in [-0.39, 0.29) is 0 Å². The maximum absolute atomic E-state index is 3.70. The third kappa shape index (κ3) is 3.18. The molecule has 1 aliphatic carbocycles. The van der Waals surface area contributed by atoms with Crippen molar-refractivity contribution in [2.24, 2.45) is 5.92 Å². The molecule has 0 spiro atoms. The molecule has 15 heavy (non-hydrogen) atoms. The van der Waals surface area contributed by atoms with Gasteiger partial charge in [-0.25, -0.2) is 0 Å². The lowest BCUT2D eigenvalue weighted by Gasteiger charge is -2.22. The van der Waals surface area contributed by atoms with Gasteiger partial charge in [0, 0.05) is 31.7 Å². The van der Waals surface area contributed by atoms with E-state index in [9.17, 15) is 0 Å². The molecule has 1 heterocycles. The van der Waals surface area contributed by atoms with Gasteiger partial charge in [0.15, 0.2) is 0 Å². The second-order valence-corrected chi connectivity index (χ2v) is 5.62. The molecule has 1 N–H and O–H groups in total. The van der Waals surface area contributed by atoms with Gasteiger partial charge in [0.2, 0.25) is 0 Å². The Hall–Kier alpha value is -0.0800. The molecule has 2 unspecified atom stereocenters. The molecule has 0 amide bonds. The monoisotopic (exact) mass is 210 g/mol. The van der Waals surface area contributed by atoms with Gasteiger partial charge in [0.25, 0.3) is 0 Å². The Balaban J connectivity index is 1.61. The Labute approximate surface area is 94.4 Å². The van der Waals surface area contributed by atoms with E-state index >= 15 is 0 Å². The highest BCUT2D eigenvalue weighted by Gasteiger charge is 2.25. The molecule has 0 aromatic heterocycles. The van der Waals surface area contributed by atoms with Crippen LogP contribution < -0.4 is 5.32 Å². The number of nitrogens with one attached hydrogen (secondary N) is 1. The van der Waals surface area contributed by atoms with Crippen molar-refractivity contribution in [3.63, 3.8) is 0 Å². The van der Waals surface area contributed by atoms with Gasteiger partial charge in [-0.2, -0.15) is 0 Å². The Morgan fingerprint density at radius 2 is 1.93 bits per heavy atom. The zero-order valence-electron chi connectivity index (χ0n) is 10.3. The maximum Gasteiger partial charge on any atom is 0.0110 e. The van der Waals surface area contributed by atoms with Crippen molar-refractivity contribution in [2.45, 2.75) is 58.0 Å². The Morgan fingerprint density at radius 1 is 1.20 bits per heavy atom. The predicted octanol–water partition coefficient (Wildman–Crippen LogP) is 2.25. The second kappa shape index (κ2) is 5.31. The van der Waals surface area contributed by atoms with Crippen LogP contribution >= 0.6 is 0 Å². The summed E-state index contributed by atoms with van der Waals surface area (Å²) in [4.78, 5) is 2.65. The molecule has 2 rings (SSSR count). The largest absolute Gasteiger partial charge is 0.313 e. The topological polar surface area (TPSA) is 15.3 Å². The first-order chi connectivity index (χ1) is 7.25. The minimum Gasteiger partial charge on any atom is -0.313 e. The molecule has 2 nitrogen and oxygen atoms in total. The number of hydrogen-bond acceptors (Lipinski definition) is 2. The van der Waals surface area contributed by atoms with Gasteiger partial charge in [-0.3, -0.25) is 4.90 Å². The minimum absolute atomic E-state index is 0.811. The molecule has 0 bridgehead atoms. The highest BCUT2D eigenvalue weighted by Crippen LogP contribution is 2.21. The molecule has 2 heteroatoms. The zero-order chi connectivity index (χ0) is 10.7. The van der Waals surface area contributed by atoms with Crippen LogP contribution in [0.2, 0.25) is 0 Å². The number of rotatable bonds is 4. The molecule has 0 aromatic rings. The third-order valence-corrected chi connectivity index (χ3v) is 4.10. The van der Waals surface area contributed by atoms with E-state index in [1.807, 2.05) is 0 Å². The predicted molar refractivity (Wildman–Crippen MR) is 65.1 cm³/mol. The highest BCUT2D eigenvalue weighted by atomic mass is 15.2. The summed E-state index contributed by atoms with van der Waals surface area (Å²) in [6, 6.07) is 1.64. The minimum atomic E-state index is 0.811. The van der Waals surface area contributed by atoms with E-state index in [4.69, 9.17) is 0 Å². The summed E-state index contributed by atoms with van der Waals surface area (Å²) < 4.78 is 0. The lowest BCUT2D eigenvalue weighted by atomic mass is 10.1. The summed E-state index contributed by atoms with van der Waals surface area (Å²) in [5.74, 6) is 0.909. The van der Waals surface area contributed by atoms with Crippen LogP contribution in [0.25, 0.3) is 0 Å². The third-order valence-electron chi connectivity index (χ3n) is 4.10. The van der Waals surface area contributed by atoms with Crippen LogP contribution in [-0.4, -0.2) is 36.6 Å². The summed E-state index contributed by atoms with van der Waals surface area (Å²) >= 11 is 0. The summed E-state index contributed by atoms with van der Waals surface area (Å²) in [7, 11) is 0. The van der Waals surface area contributed by atoms with Crippen molar-refractivity contribution in [3.8, 4) is 0 Å². The summed E-state index contributed by atoms with van der Waals surface area (Å²) in [6.07, 6.45) is 7.09. The fraction of sp³-hybridized carbons (Fsp3) is 1.00. The van der Waals surface area contributed by atoms with E-state index in [0.717, 1.165) is 18.0 Å². The molecule has 1 aliphatic heterocycles. The van der Waals surface area contributed by atoms with Gasteiger partial charge in [-0.05, 0) is 32.1 Å². The molecule has 2 fully saturated rings. The summed E-state index contributed by atoms with van der Waals surface area (Å²) in [5.41, 5.74) is 0. The van der Waals surface area contributed by atoms with Crippen LogP contribution in [0.4, 0.5) is 0 Å². The maximum atomic E-state index is 3.70. The van der Waals surface area contributed by atoms with E-state index < -0.39 is 0 Å². The molecule has 2 aliphatic rings. The van der Waals surface area contributed by atoms with Crippen LogP contribution in [0.3, 0.4) is 0 Å². The van der Waals surface area contributed by atoms with Gasteiger partial charge in [0.1, 0.15) is 0 Å². The van der Waals surface area contributed by atoms with E-state index in [2.05, 4.69) is 24.1 Å². The van der Waals surface area contributed by atoms with Gasteiger partial charge < -0.3 is 5.32 Å². The molecule has 2 atom stereocenters. The van der Waals surface area contributed by atoms with Crippen LogP contribution in [-0.2, 0) is 0 Å². The van der Waals surface area contributed by atoms with Crippen molar-refractivity contribution in [2.75, 3.05) is 19.6 Å². The standard InChI is InChI=1S/C13H26N2/c1-11-9-12(2)15(10-11)8-7-14-13-5-3-4-6-13/h11-14H,3-10H2,1-2H3. The second-order valence-electron chi connectivity index (χ2n) is 5.62. The lowest BCUT2D eigenvalue weighted by Crippen LogP contribution is -2.37. The molecular formula is C13H26N2. The van der Waals surface area contributed by atoms with Gasteiger partial charge in [0.05, 0.1) is 0 Å². The van der Waals surface area contributed by atoms with Crippen molar-refractivity contribution in [3.05, 3.63) is 0 Å². The average molecular weight is 210 g/mol. The number of hydrogen-bond donors (Lipinski definition) is 1. The van der Waals surface area contributed by atoms with Crippen molar-refractivity contribution < 1.29 is 0 Å². The van der Waals surface area contributed by atoms with Crippen LogP contribution in [0.1, 0.15) is 46.0 Å². The Bertz CT molecular complexity index is 187. The highest BCUT2D eigenvalue weighted by molar-refractivity contribution is 4.81. The first-order valence-corrected chi connectivity index (χ1v) is 6.73. The Kier molecular flexibility index (Phi) is 4.04. The van der Waals surface area contributed by atoms with Crippen molar-refractivity contribution >= 4 is 0 Å². The quantitative estimate of drug-likeness (QED) is 0.765. The molecule has 1 saturated carbocycles. The van der Waals surface area contributed by atoms with Crippen LogP contribution in [0.5, 0.6) is 0 Å². The van der Waals surface area contributed by atoms with E-state index in [1.54, 1.807) is 0 Å². The number of nitrogens with zero attached hydrogens (tertiary/aromatic N) is 1. The molecule has 88 valence electrons. The normalized spacial score (nSPS) is 34.0. The van der Waals surface area contributed by atoms with E-state index in [0.29, 0.717) is 0 Å². The average Bonchev–Trinajstić information content (AvgIpc) is 2.77. The molecule has 0 aromatic carbocycles. The number of likely N-dealkylation sites (tertiary alicyclic amines) is 1. The van der Waals surface area contributed by atoms with Crippen LogP contribution in [0.15, 0.2) is 0 Å². The SMILES string of the molecule is CC1CC(C)N(CCNC2CCCC2)C1. The van der Waals surface area contributed by atoms with Gasteiger partial charge in [-0.1, -0.05) is 19.8 Å². The van der Waals surface area contributed by atoms with Crippen LogP contribution in [0, 0.1) is 5.92 Å². The molecule has 0 radical (unpaired) electrons. The smallest absolute Gasteiger partial charge is 0.0110 e. The zero-order valence-corrected chi connectivity index (χ0v) is 10.3.